The Kier molecular flexibility index (Phi) is 10.0. The molecule has 0 aliphatic carbocycles. The van der Waals surface area contributed by atoms with Crippen LogP contribution in [0, 0.1) is 0 Å². The molecule has 290 valence electrons. The zero-order chi connectivity index (χ0) is 38.7. The number of aliphatic hydroxyl groups excluding tert-OH is 1. The summed E-state index contributed by atoms with van der Waals surface area (Å²) in [5.41, 5.74) is -0.590. The second-order valence-electron chi connectivity index (χ2n) is 14.8. The van der Waals surface area contributed by atoms with Crippen LogP contribution in [0.25, 0.3) is 10.9 Å². The first-order chi connectivity index (χ1) is 26.3. The Morgan fingerprint density at radius 2 is 1.69 bits per heavy atom. The van der Waals surface area contributed by atoms with Crippen molar-refractivity contribution in [2.75, 3.05) is 33.7 Å². The average molecular weight is 808 g/mol. The van der Waals surface area contributed by atoms with E-state index in [4.69, 9.17) is 9.47 Å². The van der Waals surface area contributed by atoms with Crippen LogP contribution in [-0.2, 0) is 36.4 Å². The molecule has 2 aromatic carbocycles. The standard InChI is InChI=1S/C39H42N4O9S3/c1-42(55(49,50)25-9-7-23(8-10-25)21-40-22-31(45)26-11-13-30(44)35-27(26)12-14-34(46)41-35)15-16-43(2)28-19-24(20-29(43)37-36(28)52-37)51-38(47)39(48,32-5-3-17-53-32)33-6-4-18-54-33/h3-14,17-18,24,28-29,31,36-37,40,45,48H,15-16,19-22H2,1-2H3,(H-,41,44,46)/p+1/t24?,28?,29?,31-,36?,37?,43?/m0/s1. The molecule has 5 aromatic rings. The van der Waals surface area contributed by atoms with Gasteiger partial charge in [0.2, 0.25) is 21.2 Å². The summed E-state index contributed by atoms with van der Waals surface area (Å²) in [6.45, 7) is 1.41. The second-order valence-corrected chi connectivity index (χ2v) is 18.8. The quantitative estimate of drug-likeness (QED) is 0.0634. The number of nitrogens with one attached hydrogen (secondary N) is 2. The first-order valence-electron chi connectivity index (χ1n) is 18.1. The Hall–Kier alpha value is -3.97. The van der Waals surface area contributed by atoms with Crippen LogP contribution < -0.4 is 10.9 Å². The fourth-order valence-corrected chi connectivity index (χ4v) is 11.3. The van der Waals surface area contributed by atoms with Gasteiger partial charge in [-0.2, -0.15) is 4.31 Å². The lowest BCUT2D eigenvalue weighted by Gasteiger charge is -2.48. The molecule has 55 heavy (non-hydrogen) atoms. The predicted molar refractivity (Wildman–Crippen MR) is 207 cm³/mol. The molecule has 13 nitrogen and oxygen atoms in total. The Morgan fingerprint density at radius 3 is 2.31 bits per heavy atom. The lowest BCUT2D eigenvalue weighted by molar-refractivity contribution is -0.955. The molecule has 4 unspecified atom stereocenters. The normalized spacial score (nSPS) is 25.2. The van der Waals surface area contributed by atoms with Gasteiger partial charge in [0.25, 0.3) is 0 Å². The minimum Gasteiger partial charge on any atom is -0.506 e. The molecular weight excluding hydrogens is 765 g/mol. The van der Waals surface area contributed by atoms with Crippen LogP contribution in [0.15, 0.2) is 93.2 Å². The number of benzene rings is 2. The molecule has 0 saturated carbocycles. The maximum absolute atomic E-state index is 13.7. The summed E-state index contributed by atoms with van der Waals surface area (Å²) in [5, 5.41) is 40.1. The number of epoxide rings is 1. The number of phenols is 1. The number of aromatic amines is 1. The van der Waals surface area contributed by atoms with Crippen LogP contribution in [0.1, 0.15) is 39.8 Å². The van der Waals surface area contributed by atoms with Crippen LogP contribution in [0.2, 0.25) is 0 Å². The molecular formula is C39H43N4O9S3+. The van der Waals surface area contributed by atoms with E-state index < -0.39 is 33.8 Å². The van der Waals surface area contributed by atoms with Crippen LogP contribution in [-0.4, -0.2) is 108 Å². The molecule has 5 atom stereocenters. The van der Waals surface area contributed by atoms with Gasteiger partial charge in [0.1, 0.15) is 36.1 Å². The molecule has 5 N–H and O–H groups in total. The smallest absolute Gasteiger partial charge is 0.349 e. The van der Waals surface area contributed by atoms with E-state index in [1.807, 2.05) is 10.8 Å². The van der Waals surface area contributed by atoms with Crippen LogP contribution in [0.4, 0.5) is 0 Å². The number of aliphatic hydroxyl groups is 2. The third-order valence-corrected chi connectivity index (χ3v) is 15.5. The third-order valence-electron chi connectivity index (χ3n) is 11.6. The molecule has 2 bridgehead atoms. The van der Waals surface area contributed by atoms with Gasteiger partial charge in [0.05, 0.1) is 46.4 Å². The highest BCUT2D eigenvalue weighted by molar-refractivity contribution is 7.89. The van der Waals surface area contributed by atoms with Gasteiger partial charge in [-0.25, -0.2) is 13.2 Å². The van der Waals surface area contributed by atoms with Gasteiger partial charge >= 0.3 is 5.97 Å². The molecule has 0 radical (unpaired) electrons. The number of nitrogens with zero attached hydrogens (tertiary/aromatic N) is 2. The zero-order valence-corrected chi connectivity index (χ0v) is 32.6. The topological polar surface area (TPSA) is 182 Å². The number of piperidine rings is 1. The number of ether oxygens (including phenoxy) is 2. The number of hydrogen-bond acceptors (Lipinski definition) is 12. The molecule has 3 aliphatic heterocycles. The number of aromatic hydroxyl groups is 1. The molecule has 3 aliphatic rings. The highest BCUT2D eigenvalue weighted by Gasteiger charge is 2.72. The summed E-state index contributed by atoms with van der Waals surface area (Å²) >= 11 is 2.61. The number of aromatic nitrogens is 1. The number of fused-ring (bicyclic) bond motifs is 6. The van der Waals surface area contributed by atoms with E-state index in [0.29, 0.717) is 51.1 Å². The van der Waals surface area contributed by atoms with E-state index in [2.05, 4.69) is 17.3 Å². The van der Waals surface area contributed by atoms with Gasteiger partial charge in [0.15, 0.2) is 0 Å². The highest BCUT2D eigenvalue weighted by atomic mass is 32.2. The van der Waals surface area contributed by atoms with Crippen molar-refractivity contribution in [3.8, 4) is 5.75 Å². The predicted octanol–water partition coefficient (Wildman–Crippen LogP) is 3.41. The van der Waals surface area contributed by atoms with E-state index >= 15 is 0 Å². The van der Waals surface area contributed by atoms with Crippen LogP contribution in [0.5, 0.6) is 5.75 Å². The van der Waals surface area contributed by atoms with E-state index in [-0.39, 0.29) is 59.1 Å². The van der Waals surface area contributed by atoms with Gasteiger partial charge in [-0.3, -0.25) is 4.79 Å². The van der Waals surface area contributed by atoms with Gasteiger partial charge < -0.3 is 39.6 Å². The number of phenolic OH excluding ortho intramolecular Hbond substituents is 1. The average Bonchev–Trinajstić information content (AvgIpc) is 3.45. The van der Waals surface area contributed by atoms with Crippen molar-refractivity contribution in [3.63, 3.8) is 0 Å². The monoisotopic (exact) mass is 807 g/mol. The zero-order valence-electron chi connectivity index (χ0n) is 30.2. The largest absolute Gasteiger partial charge is 0.506 e. The minimum atomic E-state index is -3.79. The van der Waals surface area contributed by atoms with E-state index in [1.165, 1.54) is 39.1 Å². The summed E-state index contributed by atoms with van der Waals surface area (Å²) in [7, 11) is -0.0654. The molecule has 16 heteroatoms. The third kappa shape index (κ3) is 6.83. The molecule has 8 rings (SSSR count). The number of quaternary nitrogens is 1. The fourth-order valence-electron chi connectivity index (χ4n) is 8.46. The van der Waals surface area contributed by atoms with Crippen LogP contribution >= 0.6 is 22.7 Å². The van der Waals surface area contributed by atoms with E-state index in [1.54, 1.807) is 67.7 Å². The summed E-state index contributed by atoms with van der Waals surface area (Å²) in [6, 6.07) is 19.7. The molecule has 3 aromatic heterocycles. The van der Waals surface area contributed by atoms with Crippen molar-refractivity contribution < 1.29 is 42.5 Å². The van der Waals surface area contributed by atoms with Crippen molar-refractivity contribution in [2.24, 2.45) is 0 Å². The number of likely N-dealkylation sites (N-methyl/N-ethyl adjacent to an activating group) is 2. The van der Waals surface area contributed by atoms with Gasteiger partial charge in [-0.1, -0.05) is 30.3 Å². The van der Waals surface area contributed by atoms with E-state index in [0.717, 1.165) is 5.56 Å². The number of sulfonamides is 1. The second kappa shape index (κ2) is 14.5. The van der Waals surface area contributed by atoms with Crippen molar-refractivity contribution >= 4 is 49.6 Å². The Balaban J connectivity index is 0.863. The first-order valence-corrected chi connectivity index (χ1v) is 21.3. The molecule has 0 spiro atoms. The van der Waals surface area contributed by atoms with Gasteiger partial charge in [0, 0.05) is 44.4 Å². The number of thiophene rings is 2. The number of esters is 1. The fraction of sp³-hybridized carbons (Fsp3) is 0.385. The number of carbonyl (C=O) groups is 1. The molecule has 3 saturated heterocycles. The molecule has 3 fully saturated rings. The molecule has 6 heterocycles. The summed E-state index contributed by atoms with van der Waals surface area (Å²) in [4.78, 5) is 29.2. The Bertz CT molecular complexity index is 2300. The highest BCUT2D eigenvalue weighted by Crippen LogP contribution is 2.53. The van der Waals surface area contributed by atoms with Gasteiger partial charge in [-0.05, 0) is 58.3 Å². The SMILES string of the molecule is CN(CC[N+]1(C)C2CC(OC(=O)C(O)(c3cccs3)c3cccs3)CC1C1OC12)S(=O)(=O)c1ccc(CNC[C@H](O)c2ccc(O)c3[nH]c(=O)ccc23)cc1. The number of morpholine rings is 1. The summed E-state index contributed by atoms with van der Waals surface area (Å²) < 4.78 is 41.5. The number of rotatable bonds is 14. The van der Waals surface area contributed by atoms with Crippen molar-refractivity contribution in [1.82, 2.24) is 14.6 Å². The Labute approximate surface area is 326 Å². The number of hydrogen-bond donors (Lipinski definition) is 5. The molecule has 0 amide bonds. The van der Waals surface area contributed by atoms with Crippen molar-refractivity contribution in [1.29, 1.82) is 0 Å². The summed E-state index contributed by atoms with van der Waals surface area (Å²) in [5.74, 6) is -0.762. The Morgan fingerprint density at radius 1 is 1.04 bits per heavy atom. The van der Waals surface area contributed by atoms with Gasteiger partial charge in [-0.15, -0.1) is 22.7 Å². The number of pyridine rings is 1. The minimum absolute atomic E-state index is 0.0244. The van der Waals surface area contributed by atoms with Crippen molar-refractivity contribution in [3.05, 3.63) is 115 Å². The summed E-state index contributed by atoms with van der Waals surface area (Å²) in [6.07, 6.45) is -0.146. The van der Waals surface area contributed by atoms with Crippen molar-refractivity contribution in [2.45, 2.75) is 66.4 Å². The number of carbonyl (C=O) groups excluding carboxylic acids is 1. The van der Waals surface area contributed by atoms with Crippen LogP contribution in [0.3, 0.4) is 0 Å². The lowest BCUT2D eigenvalue weighted by Crippen LogP contribution is -2.64. The lowest BCUT2D eigenvalue weighted by atomic mass is 9.94. The van der Waals surface area contributed by atoms with E-state index in [9.17, 15) is 33.3 Å². The number of H-pyrrole nitrogens is 1. The maximum Gasteiger partial charge on any atom is 0.349 e. The first kappa shape index (κ1) is 37.9. The maximum atomic E-state index is 13.7.